The molecule has 0 amide bonds. The lowest BCUT2D eigenvalue weighted by Gasteiger charge is -2.13. The minimum atomic E-state index is -4.29. The Balaban J connectivity index is 3.10. The molecule has 0 aliphatic heterocycles. The molecular formula is C12H15F2NO5S. The quantitative estimate of drug-likeness (QED) is 0.787. The maximum Gasteiger partial charge on any atom is 0.341 e. The summed E-state index contributed by atoms with van der Waals surface area (Å²) in [5.74, 6) is -5.02. The van der Waals surface area contributed by atoms with E-state index < -0.39 is 38.1 Å². The maximum atomic E-state index is 13.9. The van der Waals surface area contributed by atoms with Crippen LogP contribution in [-0.4, -0.2) is 39.8 Å². The number of carboxylic acids is 1. The molecule has 0 fully saturated rings. The van der Waals surface area contributed by atoms with Gasteiger partial charge in [0.1, 0.15) is 16.3 Å². The molecule has 2 N–H and O–H groups in total. The third-order valence-electron chi connectivity index (χ3n) is 2.63. The van der Waals surface area contributed by atoms with E-state index in [9.17, 15) is 22.0 Å². The number of methoxy groups -OCH3 is 1. The average Bonchev–Trinajstić information content (AvgIpc) is 2.36. The van der Waals surface area contributed by atoms with Crippen molar-refractivity contribution in [3.63, 3.8) is 0 Å². The third-order valence-corrected chi connectivity index (χ3v) is 4.07. The van der Waals surface area contributed by atoms with Gasteiger partial charge < -0.3 is 9.84 Å². The fraction of sp³-hybridized carbons (Fsp3) is 0.417. The highest BCUT2D eigenvalue weighted by atomic mass is 32.2. The fourth-order valence-electron chi connectivity index (χ4n) is 1.61. The summed E-state index contributed by atoms with van der Waals surface area (Å²) >= 11 is 0. The highest BCUT2D eigenvalue weighted by Crippen LogP contribution is 2.21. The Hall–Kier alpha value is -1.58. The van der Waals surface area contributed by atoms with Crippen molar-refractivity contribution in [2.24, 2.45) is 5.92 Å². The summed E-state index contributed by atoms with van der Waals surface area (Å²) in [7, 11) is -2.84. The second-order valence-electron chi connectivity index (χ2n) is 4.45. The molecule has 0 radical (unpaired) electrons. The van der Waals surface area contributed by atoms with Gasteiger partial charge in [-0.2, -0.15) is 0 Å². The second kappa shape index (κ2) is 6.92. The van der Waals surface area contributed by atoms with Crippen molar-refractivity contribution in [2.45, 2.75) is 11.8 Å². The van der Waals surface area contributed by atoms with E-state index in [0.29, 0.717) is 12.1 Å². The molecule has 0 heterocycles. The first-order valence-corrected chi connectivity index (χ1v) is 7.39. The van der Waals surface area contributed by atoms with Gasteiger partial charge in [-0.1, -0.05) is 6.92 Å². The van der Waals surface area contributed by atoms with Crippen LogP contribution in [0.3, 0.4) is 0 Å². The van der Waals surface area contributed by atoms with Gasteiger partial charge in [-0.25, -0.2) is 26.7 Å². The van der Waals surface area contributed by atoms with E-state index in [0.717, 1.165) is 0 Å². The van der Waals surface area contributed by atoms with Crippen molar-refractivity contribution in [3.8, 4) is 0 Å². The Bertz CT molecular complexity index is 633. The summed E-state index contributed by atoms with van der Waals surface area (Å²) < 4.78 is 58.0. The van der Waals surface area contributed by atoms with Crippen LogP contribution in [0, 0.1) is 17.6 Å². The topological polar surface area (TPSA) is 92.7 Å². The standard InChI is InChI=1S/C12H15F2NO5S/c1-7(6-20-2)5-15-21(18,19)9-4-3-8(13)10(11(9)14)12(16)17/h3-4,7,15H,5-6H2,1-2H3,(H,16,17). The number of hydrogen-bond acceptors (Lipinski definition) is 4. The minimum absolute atomic E-state index is 0.0323. The van der Waals surface area contributed by atoms with E-state index in [1.54, 1.807) is 6.92 Å². The number of aromatic carboxylic acids is 1. The molecule has 0 aromatic heterocycles. The smallest absolute Gasteiger partial charge is 0.341 e. The Labute approximate surface area is 120 Å². The summed E-state index contributed by atoms with van der Waals surface area (Å²) in [5, 5.41) is 8.71. The molecule has 21 heavy (non-hydrogen) atoms. The molecule has 1 aromatic carbocycles. The monoisotopic (exact) mass is 323 g/mol. The number of nitrogens with one attached hydrogen (secondary N) is 1. The number of carbonyl (C=O) groups is 1. The minimum Gasteiger partial charge on any atom is -0.477 e. The molecule has 9 heteroatoms. The summed E-state index contributed by atoms with van der Waals surface area (Å²) in [6.45, 7) is 1.96. The predicted molar refractivity (Wildman–Crippen MR) is 69.5 cm³/mol. The lowest BCUT2D eigenvalue weighted by molar-refractivity contribution is 0.0685. The lowest BCUT2D eigenvalue weighted by atomic mass is 10.2. The SMILES string of the molecule is COCC(C)CNS(=O)(=O)c1ccc(F)c(C(=O)O)c1F. The zero-order valence-corrected chi connectivity index (χ0v) is 12.2. The highest BCUT2D eigenvalue weighted by molar-refractivity contribution is 7.89. The van der Waals surface area contributed by atoms with E-state index in [-0.39, 0.29) is 19.1 Å². The van der Waals surface area contributed by atoms with Gasteiger partial charge in [0, 0.05) is 20.3 Å². The van der Waals surface area contributed by atoms with Crippen LogP contribution < -0.4 is 4.72 Å². The normalized spacial score (nSPS) is 13.1. The molecule has 1 unspecified atom stereocenters. The van der Waals surface area contributed by atoms with Crippen LogP contribution in [0.15, 0.2) is 17.0 Å². The van der Waals surface area contributed by atoms with Crippen LogP contribution in [0.2, 0.25) is 0 Å². The van der Waals surface area contributed by atoms with Crippen LogP contribution >= 0.6 is 0 Å². The Morgan fingerprint density at radius 1 is 1.43 bits per heavy atom. The van der Waals surface area contributed by atoms with Gasteiger partial charge in [0.25, 0.3) is 0 Å². The molecule has 6 nitrogen and oxygen atoms in total. The maximum absolute atomic E-state index is 13.9. The first kappa shape index (κ1) is 17.5. The van der Waals surface area contributed by atoms with Gasteiger partial charge in [0.2, 0.25) is 10.0 Å². The summed E-state index contributed by atoms with van der Waals surface area (Å²) in [5.41, 5.74) is -1.30. The number of rotatable bonds is 7. The fourth-order valence-corrected chi connectivity index (χ4v) is 2.85. The van der Waals surface area contributed by atoms with Gasteiger partial charge >= 0.3 is 5.97 Å². The predicted octanol–water partition coefficient (Wildman–Crippen LogP) is 1.22. The van der Waals surface area contributed by atoms with Crippen molar-refractivity contribution in [1.29, 1.82) is 0 Å². The second-order valence-corrected chi connectivity index (χ2v) is 6.19. The van der Waals surface area contributed by atoms with Gasteiger partial charge in [0.05, 0.1) is 0 Å². The number of hydrogen-bond donors (Lipinski definition) is 2. The Morgan fingerprint density at radius 2 is 2.05 bits per heavy atom. The number of sulfonamides is 1. The zero-order valence-electron chi connectivity index (χ0n) is 11.4. The van der Waals surface area contributed by atoms with E-state index in [1.807, 2.05) is 0 Å². The molecule has 1 aromatic rings. The van der Waals surface area contributed by atoms with Gasteiger partial charge in [-0.3, -0.25) is 0 Å². The first-order valence-electron chi connectivity index (χ1n) is 5.90. The molecule has 0 saturated heterocycles. The molecule has 0 bridgehead atoms. The Kier molecular flexibility index (Phi) is 5.76. The van der Waals surface area contributed by atoms with Crippen LogP contribution in [-0.2, 0) is 14.8 Å². The molecular weight excluding hydrogens is 308 g/mol. The van der Waals surface area contributed by atoms with Gasteiger partial charge in [-0.05, 0) is 18.1 Å². The molecule has 0 aliphatic rings. The number of ether oxygens (including phenoxy) is 1. The van der Waals surface area contributed by atoms with Crippen LogP contribution in [0.4, 0.5) is 8.78 Å². The van der Waals surface area contributed by atoms with E-state index in [4.69, 9.17) is 9.84 Å². The Morgan fingerprint density at radius 3 is 2.57 bits per heavy atom. The number of benzene rings is 1. The summed E-state index contributed by atoms with van der Waals surface area (Å²) in [4.78, 5) is 9.85. The van der Waals surface area contributed by atoms with E-state index in [2.05, 4.69) is 4.72 Å². The van der Waals surface area contributed by atoms with Crippen LogP contribution in [0.1, 0.15) is 17.3 Å². The highest BCUT2D eigenvalue weighted by Gasteiger charge is 2.27. The largest absolute Gasteiger partial charge is 0.477 e. The van der Waals surface area contributed by atoms with E-state index >= 15 is 0 Å². The van der Waals surface area contributed by atoms with Crippen molar-refractivity contribution in [2.75, 3.05) is 20.3 Å². The molecule has 1 atom stereocenters. The van der Waals surface area contributed by atoms with Crippen molar-refractivity contribution in [3.05, 3.63) is 29.3 Å². The van der Waals surface area contributed by atoms with Crippen molar-refractivity contribution < 1.29 is 31.8 Å². The summed E-state index contributed by atoms with van der Waals surface area (Å²) in [6.07, 6.45) is 0. The molecule has 0 spiro atoms. The van der Waals surface area contributed by atoms with E-state index in [1.165, 1.54) is 7.11 Å². The third kappa shape index (κ3) is 4.19. The molecule has 0 aliphatic carbocycles. The number of carboxylic acid groups (broad SMARTS) is 1. The van der Waals surface area contributed by atoms with Gasteiger partial charge in [-0.15, -0.1) is 0 Å². The van der Waals surface area contributed by atoms with Gasteiger partial charge in [0.15, 0.2) is 5.82 Å². The summed E-state index contributed by atoms with van der Waals surface area (Å²) in [6, 6.07) is 1.28. The number of halogens is 2. The van der Waals surface area contributed by atoms with Crippen molar-refractivity contribution in [1.82, 2.24) is 4.72 Å². The average molecular weight is 323 g/mol. The van der Waals surface area contributed by atoms with Crippen molar-refractivity contribution >= 4 is 16.0 Å². The van der Waals surface area contributed by atoms with Crippen LogP contribution in [0.5, 0.6) is 0 Å². The first-order chi connectivity index (χ1) is 9.70. The molecule has 1 rings (SSSR count). The molecule has 118 valence electrons. The zero-order chi connectivity index (χ0) is 16.2. The molecule has 0 saturated carbocycles. The lowest BCUT2D eigenvalue weighted by Crippen LogP contribution is -2.31. The van der Waals surface area contributed by atoms with Crippen LogP contribution in [0.25, 0.3) is 0 Å².